The molecule has 1 saturated carbocycles. The third-order valence-electron chi connectivity index (χ3n) is 3.95. The zero-order chi connectivity index (χ0) is 13.9. The minimum atomic E-state index is -0.377. The van der Waals surface area contributed by atoms with Crippen LogP contribution in [-0.4, -0.2) is 16.5 Å². The number of aryl methyl sites for hydroxylation is 1. The molecule has 0 atom stereocenters. The first-order chi connectivity index (χ1) is 9.00. The second-order valence-corrected chi connectivity index (χ2v) is 5.80. The number of aromatic nitrogens is 1. The van der Waals surface area contributed by atoms with E-state index < -0.39 is 0 Å². The number of nitrogens with one attached hydrogen (secondary N) is 1. The predicted molar refractivity (Wildman–Crippen MR) is 75.3 cm³/mol. The predicted octanol–water partition coefficient (Wildman–Crippen LogP) is 3.68. The van der Waals surface area contributed by atoms with Crippen LogP contribution in [0.3, 0.4) is 0 Å². The molecule has 2 rings (SSSR count). The molecule has 0 aromatic carbocycles. The number of nitro groups is 1. The lowest BCUT2D eigenvalue weighted by Gasteiger charge is -2.33. The van der Waals surface area contributed by atoms with Crippen LogP contribution in [0.1, 0.15) is 44.7 Å². The average molecular weight is 263 g/mol. The van der Waals surface area contributed by atoms with E-state index in [0.29, 0.717) is 5.82 Å². The van der Waals surface area contributed by atoms with E-state index in [-0.39, 0.29) is 16.0 Å². The lowest BCUT2D eigenvalue weighted by atomic mass is 9.76. The standard InChI is InChI=1S/C14H21N3O2/c1-11-6-7-12(17(18)19)13(16-11)15-10-14(2)8-4-3-5-9-14/h6-7H,3-5,8-10H2,1-2H3,(H,15,16). The summed E-state index contributed by atoms with van der Waals surface area (Å²) < 4.78 is 0. The molecule has 0 aliphatic heterocycles. The highest BCUT2D eigenvalue weighted by Gasteiger charge is 2.27. The largest absolute Gasteiger partial charge is 0.364 e. The van der Waals surface area contributed by atoms with Gasteiger partial charge in [-0.05, 0) is 31.2 Å². The van der Waals surface area contributed by atoms with Crippen molar-refractivity contribution in [1.29, 1.82) is 0 Å². The van der Waals surface area contributed by atoms with Crippen molar-refractivity contribution in [1.82, 2.24) is 4.98 Å². The van der Waals surface area contributed by atoms with Gasteiger partial charge in [0.05, 0.1) is 4.92 Å². The molecule has 1 aliphatic rings. The summed E-state index contributed by atoms with van der Waals surface area (Å²) in [5.41, 5.74) is 1.09. The Morgan fingerprint density at radius 2 is 2.05 bits per heavy atom. The van der Waals surface area contributed by atoms with Crippen LogP contribution in [0.4, 0.5) is 11.5 Å². The topological polar surface area (TPSA) is 68.1 Å². The molecule has 1 fully saturated rings. The summed E-state index contributed by atoms with van der Waals surface area (Å²) in [5.74, 6) is 0.400. The van der Waals surface area contributed by atoms with Gasteiger partial charge in [0.1, 0.15) is 0 Å². The van der Waals surface area contributed by atoms with Crippen molar-refractivity contribution in [3.05, 3.63) is 27.9 Å². The Balaban J connectivity index is 2.10. The number of pyridine rings is 1. The molecule has 0 radical (unpaired) electrons. The number of anilines is 1. The Hall–Kier alpha value is -1.65. The zero-order valence-electron chi connectivity index (χ0n) is 11.6. The second-order valence-electron chi connectivity index (χ2n) is 5.80. The van der Waals surface area contributed by atoms with Crippen LogP contribution < -0.4 is 5.32 Å². The summed E-state index contributed by atoms with van der Waals surface area (Å²) >= 11 is 0. The third kappa shape index (κ3) is 3.43. The molecule has 1 aliphatic carbocycles. The van der Waals surface area contributed by atoms with Gasteiger partial charge in [-0.25, -0.2) is 4.98 Å². The van der Waals surface area contributed by atoms with Gasteiger partial charge >= 0.3 is 5.69 Å². The summed E-state index contributed by atoms with van der Waals surface area (Å²) in [4.78, 5) is 14.9. The molecule has 0 bridgehead atoms. The molecule has 0 spiro atoms. The first-order valence-electron chi connectivity index (χ1n) is 6.86. The average Bonchev–Trinajstić information content (AvgIpc) is 2.37. The lowest BCUT2D eigenvalue weighted by molar-refractivity contribution is -0.384. The van der Waals surface area contributed by atoms with Crippen LogP contribution in [0.25, 0.3) is 0 Å². The van der Waals surface area contributed by atoms with Crippen molar-refractivity contribution < 1.29 is 4.92 Å². The molecule has 1 heterocycles. The molecule has 1 aromatic rings. The summed E-state index contributed by atoms with van der Waals surface area (Å²) in [6.45, 7) is 4.85. The second kappa shape index (κ2) is 5.55. The Labute approximate surface area is 113 Å². The van der Waals surface area contributed by atoms with Gasteiger partial charge < -0.3 is 5.32 Å². The minimum Gasteiger partial charge on any atom is -0.364 e. The molecule has 1 aromatic heterocycles. The van der Waals surface area contributed by atoms with Gasteiger partial charge in [-0.2, -0.15) is 0 Å². The molecule has 19 heavy (non-hydrogen) atoms. The van der Waals surface area contributed by atoms with Gasteiger partial charge in [0.15, 0.2) is 0 Å². The fourth-order valence-corrected chi connectivity index (χ4v) is 2.71. The van der Waals surface area contributed by atoms with Crippen molar-refractivity contribution >= 4 is 11.5 Å². The van der Waals surface area contributed by atoms with Gasteiger partial charge in [0.25, 0.3) is 0 Å². The molecule has 0 amide bonds. The maximum atomic E-state index is 11.0. The van der Waals surface area contributed by atoms with E-state index in [2.05, 4.69) is 17.2 Å². The van der Waals surface area contributed by atoms with Crippen molar-refractivity contribution in [2.75, 3.05) is 11.9 Å². The summed E-state index contributed by atoms with van der Waals surface area (Å²) in [6, 6.07) is 3.19. The highest BCUT2D eigenvalue weighted by Crippen LogP contribution is 2.36. The van der Waals surface area contributed by atoms with Crippen LogP contribution in [-0.2, 0) is 0 Å². The van der Waals surface area contributed by atoms with Crippen LogP contribution >= 0.6 is 0 Å². The van der Waals surface area contributed by atoms with E-state index >= 15 is 0 Å². The molecular weight excluding hydrogens is 242 g/mol. The molecule has 5 nitrogen and oxygen atoms in total. The molecular formula is C14H21N3O2. The maximum Gasteiger partial charge on any atom is 0.311 e. The fraction of sp³-hybridized carbons (Fsp3) is 0.643. The van der Waals surface area contributed by atoms with Gasteiger partial charge in [-0.1, -0.05) is 26.2 Å². The van der Waals surface area contributed by atoms with Crippen LogP contribution in [0, 0.1) is 22.5 Å². The third-order valence-corrected chi connectivity index (χ3v) is 3.95. The van der Waals surface area contributed by atoms with Crippen LogP contribution in [0.15, 0.2) is 12.1 Å². The molecule has 0 saturated heterocycles. The quantitative estimate of drug-likeness (QED) is 0.664. The molecule has 5 heteroatoms. The van der Waals surface area contributed by atoms with Crippen molar-refractivity contribution in [2.24, 2.45) is 5.41 Å². The van der Waals surface area contributed by atoms with Crippen molar-refractivity contribution in [3.63, 3.8) is 0 Å². The Morgan fingerprint density at radius 1 is 1.37 bits per heavy atom. The van der Waals surface area contributed by atoms with E-state index in [4.69, 9.17) is 0 Å². The highest BCUT2D eigenvalue weighted by molar-refractivity contribution is 5.56. The van der Waals surface area contributed by atoms with E-state index in [1.165, 1.54) is 38.2 Å². The number of nitrogens with zero attached hydrogens (tertiary/aromatic N) is 2. The smallest absolute Gasteiger partial charge is 0.311 e. The molecule has 0 unspecified atom stereocenters. The van der Waals surface area contributed by atoms with E-state index in [0.717, 1.165) is 12.2 Å². The Bertz CT molecular complexity index is 468. The number of rotatable bonds is 4. The zero-order valence-corrected chi connectivity index (χ0v) is 11.6. The number of hydrogen-bond acceptors (Lipinski definition) is 4. The maximum absolute atomic E-state index is 11.0. The Kier molecular flexibility index (Phi) is 4.02. The molecule has 104 valence electrons. The first kappa shape index (κ1) is 13.8. The van der Waals surface area contributed by atoms with Crippen molar-refractivity contribution in [3.8, 4) is 0 Å². The van der Waals surface area contributed by atoms with Gasteiger partial charge in [-0.15, -0.1) is 0 Å². The van der Waals surface area contributed by atoms with Gasteiger partial charge in [0.2, 0.25) is 5.82 Å². The minimum absolute atomic E-state index is 0.0602. The van der Waals surface area contributed by atoms with Crippen molar-refractivity contribution in [2.45, 2.75) is 46.0 Å². The summed E-state index contributed by atoms with van der Waals surface area (Å²) in [5, 5.41) is 14.2. The fourth-order valence-electron chi connectivity index (χ4n) is 2.71. The van der Waals surface area contributed by atoms with Crippen LogP contribution in [0.2, 0.25) is 0 Å². The lowest BCUT2D eigenvalue weighted by Crippen LogP contribution is -2.29. The normalized spacial score (nSPS) is 18.0. The van der Waals surface area contributed by atoms with E-state index in [9.17, 15) is 10.1 Å². The highest BCUT2D eigenvalue weighted by atomic mass is 16.6. The Morgan fingerprint density at radius 3 is 2.68 bits per heavy atom. The number of hydrogen-bond donors (Lipinski definition) is 1. The SMILES string of the molecule is Cc1ccc([N+](=O)[O-])c(NCC2(C)CCCCC2)n1. The van der Waals surface area contributed by atoms with E-state index in [1.54, 1.807) is 6.07 Å². The van der Waals surface area contributed by atoms with Crippen LogP contribution in [0.5, 0.6) is 0 Å². The molecule has 1 N–H and O–H groups in total. The van der Waals surface area contributed by atoms with E-state index in [1.807, 2.05) is 6.92 Å². The van der Waals surface area contributed by atoms with Gasteiger partial charge in [-0.3, -0.25) is 10.1 Å². The summed E-state index contributed by atoms with van der Waals surface area (Å²) in [7, 11) is 0. The monoisotopic (exact) mass is 263 g/mol. The first-order valence-corrected chi connectivity index (χ1v) is 6.86. The van der Waals surface area contributed by atoms with Gasteiger partial charge in [0, 0.05) is 18.3 Å². The summed E-state index contributed by atoms with van der Waals surface area (Å²) in [6.07, 6.45) is 6.17.